The average Bonchev–Trinajstić information content (AvgIpc) is 2.40. The molecule has 3 nitrogen and oxygen atoms in total. The third-order valence-electron chi connectivity index (χ3n) is 3.25. The molecule has 106 valence electrons. The Labute approximate surface area is 116 Å². The standard InChI is InChI=1S/C16H25NO2/c1-4-15(5-2)16(18)19-10-9-17-12-14-8-6-7-13(3)11-14/h6-8,11,15,17H,4-5,9-10,12H2,1-3H3. The number of carbonyl (C=O) groups excluding carboxylic acids is 1. The summed E-state index contributed by atoms with van der Waals surface area (Å²) in [4.78, 5) is 11.6. The Kier molecular flexibility index (Phi) is 7.19. The molecule has 0 amide bonds. The van der Waals surface area contributed by atoms with Crippen molar-refractivity contribution < 1.29 is 9.53 Å². The van der Waals surface area contributed by atoms with E-state index in [0.717, 1.165) is 19.4 Å². The number of benzene rings is 1. The van der Waals surface area contributed by atoms with Gasteiger partial charge in [0.1, 0.15) is 6.61 Å². The van der Waals surface area contributed by atoms with Gasteiger partial charge < -0.3 is 10.1 Å². The van der Waals surface area contributed by atoms with E-state index in [0.29, 0.717) is 13.2 Å². The zero-order valence-electron chi connectivity index (χ0n) is 12.2. The molecule has 0 aliphatic heterocycles. The molecular weight excluding hydrogens is 238 g/mol. The van der Waals surface area contributed by atoms with E-state index in [1.165, 1.54) is 11.1 Å². The van der Waals surface area contributed by atoms with Crippen LogP contribution in [0.4, 0.5) is 0 Å². The molecule has 0 aliphatic carbocycles. The Morgan fingerprint density at radius 2 is 2.05 bits per heavy atom. The van der Waals surface area contributed by atoms with Crippen molar-refractivity contribution >= 4 is 5.97 Å². The van der Waals surface area contributed by atoms with E-state index >= 15 is 0 Å². The van der Waals surface area contributed by atoms with Crippen LogP contribution in [0.1, 0.15) is 37.8 Å². The number of aryl methyl sites for hydroxylation is 1. The summed E-state index contributed by atoms with van der Waals surface area (Å²) in [6.45, 7) is 8.07. The van der Waals surface area contributed by atoms with Crippen molar-refractivity contribution in [3.8, 4) is 0 Å². The second-order valence-corrected chi connectivity index (χ2v) is 4.85. The second-order valence-electron chi connectivity index (χ2n) is 4.85. The average molecular weight is 263 g/mol. The number of rotatable bonds is 8. The van der Waals surface area contributed by atoms with Crippen LogP contribution in [0.2, 0.25) is 0 Å². The van der Waals surface area contributed by atoms with Gasteiger partial charge in [0.25, 0.3) is 0 Å². The molecule has 19 heavy (non-hydrogen) atoms. The first-order valence-electron chi connectivity index (χ1n) is 7.10. The first-order chi connectivity index (χ1) is 9.17. The second kappa shape index (κ2) is 8.70. The van der Waals surface area contributed by atoms with Crippen molar-refractivity contribution in [3.05, 3.63) is 35.4 Å². The summed E-state index contributed by atoms with van der Waals surface area (Å²) in [7, 11) is 0. The number of ether oxygens (including phenoxy) is 1. The summed E-state index contributed by atoms with van der Waals surface area (Å²) >= 11 is 0. The van der Waals surface area contributed by atoms with E-state index in [4.69, 9.17) is 4.74 Å². The van der Waals surface area contributed by atoms with Gasteiger partial charge in [0.15, 0.2) is 0 Å². The van der Waals surface area contributed by atoms with Gasteiger partial charge >= 0.3 is 5.97 Å². The first-order valence-corrected chi connectivity index (χ1v) is 7.10. The van der Waals surface area contributed by atoms with Gasteiger partial charge in [-0.1, -0.05) is 43.7 Å². The molecule has 0 bridgehead atoms. The number of hydrogen-bond donors (Lipinski definition) is 1. The maximum atomic E-state index is 11.6. The first kappa shape index (κ1) is 15.7. The largest absolute Gasteiger partial charge is 0.464 e. The number of carbonyl (C=O) groups is 1. The molecule has 0 saturated carbocycles. The Hall–Kier alpha value is -1.35. The van der Waals surface area contributed by atoms with Crippen molar-refractivity contribution in [1.82, 2.24) is 5.32 Å². The normalized spacial score (nSPS) is 10.7. The van der Waals surface area contributed by atoms with Crippen LogP contribution in [0.3, 0.4) is 0 Å². The molecular formula is C16H25NO2. The molecule has 0 spiro atoms. The zero-order chi connectivity index (χ0) is 14.1. The van der Waals surface area contributed by atoms with Gasteiger partial charge in [0, 0.05) is 13.1 Å². The van der Waals surface area contributed by atoms with Crippen LogP contribution < -0.4 is 5.32 Å². The van der Waals surface area contributed by atoms with Crippen LogP contribution in [0.15, 0.2) is 24.3 Å². The quantitative estimate of drug-likeness (QED) is 0.578. The van der Waals surface area contributed by atoms with Crippen molar-refractivity contribution in [2.75, 3.05) is 13.2 Å². The third kappa shape index (κ3) is 5.88. The maximum absolute atomic E-state index is 11.6. The minimum Gasteiger partial charge on any atom is -0.464 e. The highest BCUT2D eigenvalue weighted by molar-refractivity contribution is 5.72. The summed E-state index contributed by atoms with van der Waals surface area (Å²) in [5.41, 5.74) is 2.52. The summed E-state index contributed by atoms with van der Waals surface area (Å²) in [6.07, 6.45) is 1.71. The smallest absolute Gasteiger partial charge is 0.308 e. The topological polar surface area (TPSA) is 38.3 Å². The number of hydrogen-bond acceptors (Lipinski definition) is 3. The molecule has 0 radical (unpaired) electrons. The highest BCUT2D eigenvalue weighted by Crippen LogP contribution is 2.09. The molecule has 0 aromatic heterocycles. The third-order valence-corrected chi connectivity index (χ3v) is 3.25. The highest BCUT2D eigenvalue weighted by atomic mass is 16.5. The molecule has 1 N–H and O–H groups in total. The lowest BCUT2D eigenvalue weighted by molar-refractivity contribution is -0.148. The predicted octanol–water partition coefficient (Wildman–Crippen LogP) is 3.06. The lowest BCUT2D eigenvalue weighted by Crippen LogP contribution is -2.24. The molecule has 0 fully saturated rings. The molecule has 1 rings (SSSR count). The van der Waals surface area contributed by atoms with Gasteiger partial charge in [0.05, 0.1) is 5.92 Å². The van der Waals surface area contributed by atoms with E-state index in [1.54, 1.807) is 0 Å². The minimum atomic E-state index is -0.0673. The molecule has 3 heteroatoms. The van der Waals surface area contributed by atoms with Crippen LogP contribution in [0.5, 0.6) is 0 Å². The van der Waals surface area contributed by atoms with Gasteiger partial charge in [-0.25, -0.2) is 0 Å². The Balaban J connectivity index is 2.16. The van der Waals surface area contributed by atoms with Crippen LogP contribution in [-0.2, 0) is 16.1 Å². The fraction of sp³-hybridized carbons (Fsp3) is 0.562. The van der Waals surface area contributed by atoms with Gasteiger partial charge in [-0.2, -0.15) is 0 Å². The summed E-state index contributed by atoms with van der Waals surface area (Å²) in [5, 5.41) is 3.28. The minimum absolute atomic E-state index is 0.0526. The number of esters is 1. The Bertz CT molecular complexity index is 386. The van der Waals surface area contributed by atoms with E-state index in [9.17, 15) is 4.79 Å². The molecule has 0 atom stereocenters. The fourth-order valence-electron chi connectivity index (χ4n) is 2.02. The molecule has 0 aliphatic rings. The zero-order valence-corrected chi connectivity index (χ0v) is 12.2. The van der Waals surface area contributed by atoms with Crippen molar-refractivity contribution in [2.24, 2.45) is 5.92 Å². The molecule has 0 saturated heterocycles. The summed E-state index contributed by atoms with van der Waals surface area (Å²) in [6, 6.07) is 8.39. The van der Waals surface area contributed by atoms with Crippen LogP contribution in [-0.4, -0.2) is 19.1 Å². The van der Waals surface area contributed by atoms with E-state index in [1.807, 2.05) is 13.8 Å². The van der Waals surface area contributed by atoms with E-state index in [2.05, 4.69) is 36.5 Å². The SMILES string of the molecule is CCC(CC)C(=O)OCCNCc1cccc(C)c1. The molecule has 0 unspecified atom stereocenters. The Morgan fingerprint density at radius 1 is 1.32 bits per heavy atom. The maximum Gasteiger partial charge on any atom is 0.308 e. The lowest BCUT2D eigenvalue weighted by Gasteiger charge is -2.12. The lowest BCUT2D eigenvalue weighted by atomic mass is 10.0. The highest BCUT2D eigenvalue weighted by Gasteiger charge is 2.14. The molecule has 0 heterocycles. The molecule has 1 aromatic rings. The number of nitrogens with one attached hydrogen (secondary N) is 1. The predicted molar refractivity (Wildman–Crippen MR) is 77.9 cm³/mol. The van der Waals surface area contributed by atoms with Crippen molar-refractivity contribution in [2.45, 2.75) is 40.2 Å². The van der Waals surface area contributed by atoms with Gasteiger partial charge in [-0.3, -0.25) is 4.79 Å². The van der Waals surface area contributed by atoms with E-state index < -0.39 is 0 Å². The van der Waals surface area contributed by atoms with Gasteiger partial charge in [0.2, 0.25) is 0 Å². The van der Waals surface area contributed by atoms with Crippen LogP contribution in [0, 0.1) is 12.8 Å². The van der Waals surface area contributed by atoms with E-state index in [-0.39, 0.29) is 11.9 Å². The summed E-state index contributed by atoms with van der Waals surface area (Å²) < 4.78 is 5.25. The van der Waals surface area contributed by atoms with Crippen LogP contribution in [0.25, 0.3) is 0 Å². The van der Waals surface area contributed by atoms with Crippen LogP contribution >= 0.6 is 0 Å². The fourth-order valence-corrected chi connectivity index (χ4v) is 2.02. The van der Waals surface area contributed by atoms with Crippen molar-refractivity contribution in [3.63, 3.8) is 0 Å². The monoisotopic (exact) mass is 263 g/mol. The van der Waals surface area contributed by atoms with Gasteiger partial charge in [-0.05, 0) is 25.3 Å². The summed E-state index contributed by atoms with van der Waals surface area (Å²) in [5.74, 6) is -0.0147. The molecule has 1 aromatic carbocycles. The van der Waals surface area contributed by atoms with Crippen molar-refractivity contribution in [1.29, 1.82) is 0 Å². The van der Waals surface area contributed by atoms with Gasteiger partial charge in [-0.15, -0.1) is 0 Å². The Morgan fingerprint density at radius 3 is 2.68 bits per heavy atom.